The molecule has 6 nitrogen and oxygen atoms in total. The van der Waals surface area contributed by atoms with E-state index in [2.05, 4.69) is 5.32 Å². The molecule has 1 atom stereocenters. The number of hydrogen-bond acceptors (Lipinski definition) is 4. The normalized spacial score (nSPS) is 16.4. The van der Waals surface area contributed by atoms with Crippen molar-refractivity contribution >= 4 is 17.5 Å². The molecule has 0 aliphatic carbocycles. The van der Waals surface area contributed by atoms with E-state index in [4.69, 9.17) is 9.15 Å². The topological polar surface area (TPSA) is 71.8 Å². The van der Waals surface area contributed by atoms with Crippen molar-refractivity contribution in [3.8, 4) is 0 Å². The van der Waals surface area contributed by atoms with Gasteiger partial charge in [0, 0.05) is 31.8 Å². The largest absolute Gasteiger partial charge is 0.472 e. The molecule has 1 unspecified atom stereocenters. The third-order valence-electron chi connectivity index (χ3n) is 4.24. The highest BCUT2D eigenvalue weighted by atomic mass is 19.1. The maximum atomic E-state index is 12.9. The molecule has 1 aromatic heterocycles. The first kappa shape index (κ1) is 18.1. The second kappa shape index (κ2) is 8.62. The van der Waals surface area contributed by atoms with Crippen LogP contribution in [0, 0.1) is 5.82 Å². The van der Waals surface area contributed by atoms with Gasteiger partial charge < -0.3 is 19.4 Å². The van der Waals surface area contributed by atoms with Crippen molar-refractivity contribution in [3.63, 3.8) is 0 Å². The molecule has 1 saturated heterocycles. The summed E-state index contributed by atoms with van der Waals surface area (Å²) in [6.45, 7) is 1.40. The van der Waals surface area contributed by atoms with Crippen LogP contribution in [0.15, 0.2) is 47.3 Å². The number of carbonyl (C=O) groups is 2. The van der Waals surface area contributed by atoms with Gasteiger partial charge in [-0.05, 0) is 43.2 Å². The first-order valence-corrected chi connectivity index (χ1v) is 8.60. The highest BCUT2D eigenvalue weighted by molar-refractivity contribution is 5.95. The van der Waals surface area contributed by atoms with Crippen LogP contribution in [0.4, 0.5) is 10.1 Å². The lowest BCUT2D eigenvalue weighted by molar-refractivity contribution is -0.116. The lowest BCUT2D eigenvalue weighted by atomic mass is 10.2. The monoisotopic (exact) mass is 360 g/mol. The van der Waals surface area contributed by atoms with E-state index in [0.29, 0.717) is 24.4 Å². The summed E-state index contributed by atoms with van der Waals surface area (Å²) in [6, 6.07) is 7.15. The van der Waals surface area contributed by atoms with Crippen molar-refractivity contribution < 1.29 is 23.1 Å². The summed E-state index contributed by atoms with van der Waals surface area (Å²) in [5, 5.41) is 2.70. The number of benzene rings is 1. The maximum Gasteiger partial charge on any atom is 0.257 e. The molecular weight excluding hydrogens is 339 g/mol. The molecule has 2 heterocycles. The summed E-state index contributed by atoms with van der Waals surface area (Å²) in [7, 11) is 0. The average Bonchev–Trinajstić information content (AvgIpc) is 3.34. The van der Waals surface area contributed by atoms with Crippen LogP contribution in [0.3, 0.4) is 0 Å². The van der Waals surface area contributed by atoms with Crippen molar-refractivity contribution in [1.29, 1.82) is 0 Å². The number of amides is 2. The summed E-state index contributed by atoms with van der Waals surface area (Å²) in [6.07, 6.45) is 4.84. The molecule has 1 aromatic carbocycles. The van der Waals surface area contributed by atoms with Gasteiger partial charge in [0.2, 0.25) is 5.91 Å². The quantitative estimate of drug-likeness (QED) is 0.824. The Morgan fingerprint density at radius 1 is 1.23 bits per heavy atom. The Morgan fingerprint density at radius 3 is 2.69 bits per heavy atom. The number of carbonyl (C=O) groups excluding carboxylic acids is 2. The van der Waals surface area contributed by atoms with Crippen molar-refractivity contribution in [1.82, 2.24) is 4.90 Å². The molecule has 0 spiro atoms. The molecule has 0 radical (unpaired) electrons. The molecule has 1 fully saturated rings. The van der Waals surface area contributed by atoms with Crippen LogP contribution >= 0.6 is 0 Å². The first-order valence-electron chi connectivity index (χ1n) is 8.60. The third kappa shape index (κ3) is 4.92. The fourth-order valence-corrected chi connectivity index (χ4v) is 2.87. The SMILES string of the molecule is O=C(CCN(CC1CCCO1)C(=O)c1ccoc1)Nc1ccc(F)cc1. The van der Waals surface area contributed by atoms with Crippen LogP contribution in [-0.2, 0) is 9.53 Å². The molecule has 26 heavy (non-hydrogen) atoms. The Labute approximate surface area is 150 Å². The second-order valence-corrected chi connectivity index (χ2v) is 6.20. The molecule has 1 aliphatic rings. The van der Waals surface area contributed by atoms with Gasteiger partial charge in [-0.15, -0.1) is 0 Å². The molecule has 3 rings (SSSR count). The molecular formula is C19H21FN2O4. The van der Waals surface area contributed by atoms with E-state index in [1.165, 1.54) is 36.8 Å². The van der Waals surface area contributed by atoms with Gasteiger partial charge in [-0.25, -0.2) is 4.39 Å². The number of rotatable bonds is 7. The van der Waals surface area contributed by atoms with Crippen molar-refractivity contribution in [2.24, 2.45) is 0 Å². The van der Waals surface area contributed by atoms with Crippen molar-refractivity contribution in [3.05, 3.63) is 54.2 Å². The predicted molar refractivity (Wildman–Crippen MR) is 93.2 cm³/mol. The Hall–Kier alpha value is -2.67. The molecule has 0 bridgehead atoms. The molecule has 1 aliphatic heterocycles. The lowest BCUT2D eigenvalue weighted by Crippen LogP contribution is -2.39. The molecule has 1 N–H and O–H groups in total. The van der Waals surface area contributed by atoms with E-state index in [1.54, 1.807) is 11.0 Å². The fourth-order valence-electron chi connectivity index (χ4n) is 2.87. The standard InChI is InChI=1S/C19H21FN2O4/c20-15-3-5-16(6-4-15)21-18(23)7-9-22(12-17-2-1-10-26-17)19(24)14-8-11-25-13-14/h3-6,8,11,13,17H,1-2,7,9-10,12H2,(H,21,23). The Kier molecular flexibility index (Phi) is 6.01. The molecule has 7 heteroatoms. The number of hydrogen-bond donors (Lipinski definition) is 1. The van der Waals surface area contributed by atoms with Crippen LogP contribution in [0.1, 0.15) is 29.6 Å². The van der Waals surface area contributed by atoms with E-state index < -0.39 is 0 Å². The zero-order valence-electron chi connectivity index (χ0n) is 14.3. The lowest BCUT2D eigenvalue weighted by Gasteiger charge is -2.25. The predicted octanol–water partition coefficient (Wildman–Crippen LogP) is 3.07. The minimum atomic E-state index is -0.364. The summed E-state index contributed by atoms with van der Waals surface area (Å²) in [5.41, 5.74) is 0.963. The van der Waals surface area contributed by atoms with E-state index in [-0.39, 0.29) is 36.7 Å². The molecule has 0 saturated carbocycles. The number of nitrogens with zero attached hydrogens (tertiary/aromatic N) is 1. The van der Waals surface area contributed by atoms with Gasteiger partial charge in [0.05, 0.1) is 17.9 Å². The maximum absolute atomic E-state index is 12.9. The zero-order chi connectivity index (χ0) is 18.4. The van der Waals surface area contributed by atoms with Gasteiger partial charge in [0.25, 0.3) is 5.91 Å². The van der Waals surface area contributed by atoms with Crippen LogP contribution in [0.25, 0.3) is 0 Å². The highest BCUT2D eigenvalue weighted by Gasteiger charge is 2.24. The zero-order valence-corrected chi connectivity index (χ0v) is 14.3. The summed E-state index contributed by atoms with van der Waals surface area (Å²) in [5.74, 6) is -0.797. The first-order chi connectivity index (χ1) is 12.6. The Balaban J connectivity index is 1.58. The Morgan fingerprint density at radius 2 is 2.04 bits per heavy atom. The van der Waals surface area contributed by atoms with Crippen LogP contribution < -0.4 is 5.32 Å². The smallest absolute Gasteiger partial charge is 0.257 e. The van der Waals surface area contributed by atoms with Gasteiger partial charge in [0.1, 0.15) is 12.1 Å². The number of anilines is 1. The molecule has 138 valence electrons. The molecule has 2 aromatic rings. The summed E-state index contributed by atoms with van der Waals surface area (Å²) in [4.78, 5) is 26.4. The second-order valence-electron chi connectivity index (χ2n) is 6.20. The molecule has 2 amide bonds. The Bertz CT molecular complexity index is 725. The van der Waals surface area contributed by atoms with Gasteiger partial charge >= 0.3 is 0 Å². The number of ether oxygens (including phenoxy) is 1. The minimum absolute atomic E-state index is 0.00832. The van der Waals surface area contributed by atoms with Crippen molar-refractivity contribution in [2.45, 2.75) is 25.4 Å². The van der Waals surface area contributed by atoms with E-state index >= 15 is 0 Å². The van der Waals surface area contributed by atoms with Crippen LogP contribution in [0.5, 0.6) is 0 Å². The van der Waals surface area contributed by atoms with Gasteiger partial charge in [-0.3, -0.25) is 9.59 Å². The third-order valence-corrected chi connectivity index (χ3v) is 4.24. The number of nitrogens with one attached hydrogen (secondary N) is 1. The van der Waals surface area contributed by atoms with Crippen LogP contribution in [0.2, 0.25) is 0 Å². The number of halogens is 1. The van der Waals surface area contributed by atoms with Crippen LogP contribution in [-0.4, -0.2) is 42.5 Å². The van der Waals surface area contributed by atoms with E-state index in [9.17, 15) is 14.0 Å². The number of furan rings is 1. The van der Waals surface area contributed by atoms with Crippen molar-refractivity contribution in [2.75, 3.05) is 25.0 Å². The van der Waals surface area contributed by atoms with E-state index in [0.717, 1.165) is 12.8 Å². The average molecular weight is 360 g/mol. The minimum Gasteiger partial charge on any atom is -0.472 e. The summed E-state index contributed by atoms with van der Waals surface area (Å²) < 4.78 is 23.5. The van der Waals surface area contributed by atoms with Gasteiger partial charge in [-0.2, -0.15) is 0 Å². The summed E-state index contributed by atoms with van der Waals surface area (Å²) >= 11 is 0. The van der Waals surface area contributed by atoms with E-state index in [1.807, 2.05) is 0 Å². The van der Waals surface area contributed by atoms with Gasteiger partial charge in [0.15, 0.2) is 0 Å². The van der Waals surface area contributed by atoms with Gasteiger partial charge in [-0.1, -0.05) is 0 Å². The highest BCUT2D eigenvalue weighted by Crippen LogP contribution is 2.16. The fraction of sp³-hybridized carbons (Fsp3) is 0.368.